The summed E-state index contributed by atoms with van der Waals surface area (Å²) in [4.78, 5) is 31.4. The molecule has 0 aliphatic heterocycles. The Morgan fingerprint density at radius 2 is 2.08 bits per heavy atom. The lowest BCUT2D eigenvalue weighted by Crippen LogP contribution is -2.34. The van der Waals surface area contributed by atoms with Crippen LogP contribution >= 0.6 is 23.1 Å². The molecule has 2 heterocycles. The number of hydrogen-bond acceptors (Lipinski definition) is 5. The average molecular weight is 366 g/mol. The van der Waals surface area contributed by atoms with Crippen molar-refractivity contribution in [2.45, 2.75) is 64.2 Å². The van der Waals surface area contributed by atoms with E-state index in [1.807, 2.05) is 20.8 Å². The van der Waals surface area contributed by atoms with Crippen LogP contribution in [0.5, 0.6) is 0 Å². The quantitative estimate of drug-likeness (QED) is 0.653. The molecule has 0 atom stereocenters. The highest BCUT2D eigenvalue weighted by atomic mass is 32.2. The monoisotopic (exact) mass is 365 g/mol. The first-order chi connectivity index (χ1) is 11.5. The number of hydrogen-bond donors (Lipinski definition) is 1. The van der Waals surface area contributed by atoms with Gasteiger partial charge in [0.2, 0.25) is 5.91 Å². The van der Waals surface area contributed by atoms with Gasteiger partial charge in [-0.2, -0.15) is 0 Å². The molecule has 1 fully saturated rings. The van der Waals surface area contributed by atoms with Gasteiger partial charge in [0, 0.05) is 17.5 Å². The summed E-state index contributed by atoms with van der Waals surface area (Å²) in [5.41, 5.74) is 1.02. The molecule has 1 aliphatic rings. The summed E-state index contributed by atoms with van der Waals surface area (Å²) in [5.74, 6) is 0.333. The number of aryl methyl sites for hydroxylation is 2. The van der Waals surface area contributed by atoms with Gasteiger partial charge in [0.05, 0.1) is 11.1 Å². The first-order valence-electron chi connectivity index (χ1n) is 8.44. The Bertz CT molecular complexity index is 819. The van der Waals surface area contributed by atoms with E-state index in [0.717, 1.165) is 33.5 Å². The molecular weight excluding hydrogens is 342 g/mol. The molecule has 1 N–H and O–H groups in total. The maximum absolute atomic E-state index is 12.8. The van der Waals surface area contributed by atoms with E-state index >= 15 is 0 Å². The smallest absolute Gasteiger partial charge is 0.263 e. The summed E-state index contributed by atoms with van der Waals surface area (Å²) >= 11 is 2.90. The van der Waals surface area contributed by atoms with Crippen LogP contribution in [0.25, 0.3) is 10.2 Å². The minimum atomic E-state index is 0.00283. The first kappa shape index (κ1) is 17.5. The van der Waals surface area contributed by atoms with Crippen LogP contribution in [0.15, 0.2) is 9.95 Å². The Labute approximate surface area is 149 Å². The number of aromatic nitrogens is 2. The zero-order valence-corrected chi connectivity index (χ0v) is 16.0. The van der Waals surface area contributed by atoms with Crippen molar-refractivity contribution < 1.29 is 4.79 Å². The standard InChI is InChI=1S/C17H23N3O2S2/c1-4-20-16(22)14-10(2)11(3)24-15(14)19-17(20)23-9-13(21)18-12-7-5-6-8-12/h12H,4-9H2,1-3H3,(H,18,21). The fraction of sp³-hybridized carbons (Fsp3) is 0.588. The van der Waals surface area contributed by atoms with Crippen molar-refractivity contribution >= 4 is 39.2 Å². The van der Waals surface area contributed by atoms with Gasteiger partial charge in [-0.1, -0.05) is 24.6 Å². The number of carbonyl (C=O) groups excluding carboxylic acids is 1. The molecule has 1 amide bonds. The molecule has 0 radical (unpaired) electrons. The van der Waals surface area contributed by atoms with Gasteiger partial charge < -0.3 is 5.32 Å². The summed E-state index contributed by atoms with van der Waals surface area (Å²) < 4.78 is 1.68. The molecule has 2 aromatic heterocycles. The topological polar surface area (TPSA) is 64.0 Å². The van der Waals surface area contributed by atoms with Gasteiger partial charge in [0.25, 0.3) is 5.56 Å². The fourth-order valence-electron chi connectivity index (χ4n) is 3.17. The van der Waals surface area contributed by atoms with E-state index in [0.29, 0.717) is 23.5 Å². The molecule has 1 aliphatic carbocycles. The maximum atomic E-state index is 12.8. The van der Waals surface area contributed by atoms with Crippen LogP contribution in [-0.4, -0.2) is 27.3 Å². The van der Waals surface area contributed by atoms with E-state index in [1.54, 1.807) is 15.9 Å². The molecule has 2 aromatic rings. The highest BCUT2D eigenvalue weighted by Gasteiger charge is 2.19. The number of fused-ring (bicyclic) bond motifs is 1. The lowest BCUT2D eigenvalue weighted by atomic mass is 10.2. The van der Waals surface area contributed by atoms with E-state index in [1.165, 1.54) is 24.6 Å². The van der Waals surface area contributed by atoms with Gasteiger partial charge >= 0.3 is 0 Å². The van der Waals surface area contributed by atoms with Crippen molar-refractivity contribution in [2.75, 3.05) is 5.75 Å². The fourth-order valence-corrected chi connectivity index (χ4v) is 5.11. The highest BCUT2D eigenvalue weighted by molar-refractivity contribution is 7.99. The summed E-state index contributed by atoms with van der Waals surface area (Å²) in [6.45, 7) is 6.48. The summed E-state index contributed by atoms with van der Waals surface area (Å²) in [7, 11) is 0. The minimum absolute atomic E-state index is 0.00283. The predicted octanol–water partition coefficient (Wildman–Crippen LogP) is 3.25. The van der Waals surface area contributed by atoms with Crippen molar-refractivity contribution in [3.63, 3.8) is 0 Å². The van der Waals surface area contributed by atoms with Crippen LogP contribution in [0, 0.1) is 13.8 Å². The van der Waals surface area contributed by atoms with Crippen LogP contribution in [0.2, 0.25) is 0 Å². The first-order valence-corrected chi connectivity index (χ1v) is 10.2. The molecule has 1 saturated carbocycles. The molecule has 0 saturated heterocycles. The van der Waals surface area contributed by atoms with E-state index in [2.05, 4.69) is 10.3 Å². The number of nitrogens with zero attached hydrogens (tertiary/aromatic N) is 2. The molecule has 0 spiro atoms. The number of nitrogens with one attached hydrogen (secondary N) is 1. The zero-order valence-electron chi connectivity index (χ0n) is 14.3. The number of amides is 1. The van der Waals surface area contributed by atoms with Gasteiger partial charge in [-0.15, -0.1) is 11.3 Å². The molecule has 130 valence electrons. The lowest BCUT2D eigenvalue weighted by Gasteiger charge is -2.13. The van der Waals surface area contributed by atoms with Crippen molar-refractivity contribution in [3.8, 4) is 0 Å². The molecule has 3 rings (SSSR count). The Hall–Kier alpha value is -1.34. The van der Waals surface area contributed by atoms with Crippen LogP contribution in [0.4, 0.5) is 0 Å². The van der Waals surface area contributed by atoms with Crippen LogP contribution in [0.1, 0.15) is 43.0 Å². The van der Waals surface area contributed by atoms with Crippen molar-refractivity contribution in [2.24, 2.45) is 0 Å². The van der Waals surface area contributed by atoms with Gasteiger partial charge in [-0.05, 0) is 39.2 Å². The minimum Gasteiger partial charge on any atom is -0.353 e. The molecule has 24 heavy (non-hydrogen) atoms. The Balaban J connectivity index is 1.80. The van der Waals surface area contributed by atoms with E-state index in [4.69, 9.17) is 0 Å². The summed E-state index contributed by atoms with van der Waals surface area (Å²) in [5, 5.41) is 4.44. The second-order valence-corrected chi connectivity index (χ2v) is 8.39. The third kappa shape index (κ3) is 3.37. The Morgan fingerprint density at radius 1 is 1.38 bits per heavy atom. The second-order valence-electron chi connectivity index (χ2n) is 6.24. The third-order valence-corrected chi connectivity index (χ3v) is 6.70. The normalized spacial score (nSPS) is 15.3. The average Bonchev–Trinajstić information content (AvgIpc) is 3.14. The van der Waals surface area contributed by atoms with Crippen molar-refractivity contribution in [3.05, 3.63) is 20.8 Å². The van der Waals surface area contributed by atoms with Gasteiger partial charge in [-0.25, -0.2) is 4.98 Å². The van der Waals surface area contributed by atoms with Crippen LogP contribution < -0.4 is 10.9 Å². The number of carbonyl (C=O) groups is 1. The molecule has 0 aromatic carbocycles. The second kappa shape index (κ2) is 7.27. The van der Waals surface area contributed by atoms with Crippen LogP contribution in [0.3, 0.4) is 0 Å². The van der Waals surface area contributed by atoms with Gasteiger partial charge in [-0.3, -0.25) is 14.2 Å². The third-order valence-electron chi connectivity index (χ3n) is 4.62. The van der Waals surface area contributed by atoms with Crippen molar-refractivity contribution in [1.29, 1.82) is 0 Å². The Kier molecular flexibility index (Phi) is 5.30. The number of thiophene rings is 1. The SMILES string of the molecule is CCn1c(SCC(=O)NC2CCCC2)nc2sc(C)c(C)c2c1=O. The molecule has 7 heteroatoms. The summed E-state index contributed by atoms with van der Waals surface area (Å²) in [6.07, 6.45) is 4.55. The van der Waals surface area contributed by atoms with E-state index in [-0.39, 0.29) is 11.5 Å². The predicted molar refractivity (Wildman–Crippen MR) is 100 cm³/mol. The molecule has 5 nitrogen and oxygen atoms in total. The Morgan fingerprint density at radius 3 is 2.75 bits per heavy atom. The van der Waals surface area contributed by atoms with Crippen LogP contribution in [-0.2, 0) is 11.3 Å². The van der Waals surface area contributed by atoms with E-state index in [9.17, 15) is 9.59 Å². The summed E-state index contributed by atoms with van der Waals surface area (Å²) in [6, 6.07) is 0.324. The largest absolute Gasteiger partial charge is 0.353 e. The molecule has 0 bridgehead atoms. The van der Waals surface area contributed by atoms with E-state index < -0.39 is 0 Å². The van der Waals surface area contributed by atoms with Gasteiger partial charge in [0.15, 0.2) is 5.16 Å². The zero-order chi connectivity index (χ0) is 17.3. The van der Waals surface area contributed by atoms with Crippen molar-refractivity contribution in [1.82, 2.24) is 14.9 Å². The number of thioether (sulfide) groups is 1. The maximum Gasteiger partial charge on any atom is 0.263 e. The van der Waals surface area contributed by atoms with Gasteiger partial charge in [0.1, 0.15) is 4.83 Å². The highest BCUT2D eigenvalue weighted by Crippen LogP contribution is 2.28. The number of rotatable bonds is 5. The molecule has 0 unspecified atom stereocenters. The lowest BCUT2D eigenvalue weighted by molar-refractivity contribution is -0.119. The molecular formula is C17H23N3O2S2.